The summed E-state index contributed by atoms with van der Waals surface area (Å²) in [6, 6.07) is 2.40. The first-order chi connectivity index (χ1) is 6.27. The van der Waals surface area contributed by atoms with Crippen LogP contribution in [0.25, 0.3) is 0 Å². The van der Waals surface area contributed by atoms with Gasteiger partial charge in [0.05, 0.1) is 6.07 Å². The Kier molecular flexibility index (Phi) is 2.92. The number of likely N-dealkylation sites (tertiary alicyclic amines) is 1. The number of nitriles is 1. The van der Waals surface area contributed by atoms with Crippen molar-refractivity contribution >= 4 is 0 Å². The molecule has 1 unspecified atom stereocenters. The van der Waals surface area contributed by atoms with E-state index in [4.69, 9.17) is 5.26 Å². The minimum Gasteiger partial charge on any atom is -0.293 e. The zero-order valence-electron chi connectivity index (χ0n) is 10.1. The highest BCUT2D eigenvalue weighted by Crippen LogP contribution is 2.35. The maximum absolute atomic E-state index is 8.94. The van der Waals surface area contributed by atoms with E-state index in [1.807, 2.05) is 0 Å². The molecule has 0 aromatic carbocycles. The summed E-state index contributed by atoms with van der Waals surface area (Å²) >= 11 is 0. The van der Waals surface area contributed by atoms with Gasteiger partial charge in [0.15, 0.2) is 0 Å². The van der Waals surface area contributed by atoms with Crippen molar-refractivity contribution < 1.29 is 0 Å². The molecule has 0 saturated carbocycles. The predicted octanol–water partition coefficient (Wildman–Crippen LogP) is 2.80. The highest BCUT2D eigenvalue weighted by Gasteiger charge is 2.39. The highest BCUT2D eigenvalue weighted by molar-refractivity contribution is 5.00. The van der Waals surface area contributed by atoms with Crippen molar-refractivity contribution in [3.8, 4) is 6.07 Å². The minimum absolute atomic E-state index is 0.164. The van der Waals surface area contributed by atoms with Crippen molar-refractivity contribution in [1.82, 2.24) is 4.90 Å². The van der Waals surface area contributed by atoms with Crippen molar-refractivity contribution in [2.75, 3.05) is 6.54 Å². The largest absolute Gasteiger partial charge is 0.293 e. The third-order valence-corrected chi connectivity index (χ3v) is 3.17. The van der Waals surface area contributed by atoms with Crippen molar-refractivity contribution in [3.05, 3.63) is 0 Å². The van der Waals surface area contributed by atoms with Crippen molar-refractivity contribution in [2.45, 2.75) is 58.5 Å². The van der Waals surface area contributed by atoms with Gasteiger partial charge in [-0.3, -0.25) is 4.90 Å². The van der Waals surface area contributed by atoms with Crippen LogP contribution in [0.1, 0.15) is 47.5 Å². The van der Waals surface area contributed by atoms with Gasteiger partial charge in [-0.15, -0.1) is 0 Å². The second-order valence-corrected chi connectivity index (χ2v) is 5.95. The Labute approximate surface area is 87.9 Å². The minimum atomic E-state index is 0.164. The van der Waals surface area contributed by atoms with Crippen LogP contribution in [0.5, 0.6) is 0 Å². The Bertz CT molecular complexity index is 242. The van der Waals surface area contributed by atoms with Crippen LogP contribution in [0.15, 0.2) is 0 Å². The van der Waals surface area contributed by atoms with Gasteiger partial charge in [0.2, 0.25) is 0 Å². The summed E-state index contributed by atoms with van der Waals surface area (Å²) in [4.78, 5) is 2.52. The monoisotopic (exact) mass is 194 g/mol. The van der Waals surface area contributed by atoms with Crippen LogP contribution in [0.2, 0.25) is 0 Å². The van der Waals surface area contributed by atoms with E-state index in [0.29, 0.717) is 0 Å². The number of nitrogens with zero attached hydrogens (tertiary/aromatic N) is 2. The maximum Gasteiger partial charge on any atom is 0.0657 e. The smallest absolute Gasteiger partial charge is 0.0657 e. The molecule has 14 heavy (non-hydrogen) atoms. The van der Waals surface area contributed by atoms with E-state index in [1.54, 1.807) is 0 Å². The molecule has 80 valence electrons. The van der Waals surface area contributed by atoms with Crippen molar-refractivity contribution in [3.63, 3.8) is 0 Å². The van der Waals surface area contributed by atoms with Crippen LogP contribution in [0.3, 0.4) is 0 Å². The van der Waals surface area contributed by atoms with E-state index < -0.39 is 0 Å². The number of rotatable bonds is 0. The van der Waals surface area contributed by atoms with Gasteiger partial charge in [0, 0.05) is 23.5 Å². The molecule has 1 aliphatic rings. The first-order valence-corrected chi connectivity index (χ1v) is 5.45. The lowest BCUT2D eigenvalue weighted by molar-refractivity contribution is -0.0138. The fraction of sp³-hybridized carbons (Fsp3) is 0.917. The summed E-state index contributed by atoms with van der Waals surface area (Å²) in [7, 11) is 0. The van der Waals surface area contributed by atoms with Crippen molar-refractivity contribution in [1.29, 1.82) is 5.26 Å². The lowest BCUT2D eigenvalue weighted by atomic mass is 9.80. The molecule has 0 amide bonds. The lowest BCUT2D eigenvalue weighted by Gasteiger charge is -2.51. The first-order valence-electron chi connectivity index (χ1n) is 5.45. The summed E-state index contributed by atoms with van der Waals surface area (Å²) in [5.74, 6) is 0.253. The molecule has 2 heteroatoms. The number of hydrogen-bond donors (Lipinski definition) is 0. The number of piperidine rings is 1. The van der Waals surface area contributed by atoms with Crippen LogP contribution >= 0.6 is 0 Å². The second-order valence-electron chi connectivity index (χ2n) is 5.95. The topological polar surface area (TPSA) is 27.0 Å². The molecule has 0 aliphatic carbocycles. The van der Waals surface area contributed by atoms with Gasteiger partial charge < -0.3 is 0 Å². The van der Waals surface area contributed by atoms with Gasteiger partial charge in [-0.25, -0.2) is 0 Å². The average molecular weight is 194 g/mol. The van der Waals surface area contributed by atoms with E-state index in [9.17, 15) is 0 Å². The molecule has 0 radical (unpaired) electrons. The van der Waals surface area contributed by atoms with Gasteiger partial charge in [-0.2, -0.15) is 5.26 Å². The molecule has 2 nitrogen and oxygen atoms in total. The molecule has 1 aliphatic heterocycles. The van der Waals surface area contributed by atoms with Gasteiger partial charge in [0.1, 0.15) is 0 Å². The molecule has 1 heterocycles. The standard InChI is InChI=1S/C12H22N2/c1-11(2,3)14-7-6-10(9-13)8-12(14,4)5/h10H,6-8H2,1-5H3. The summed E-state index contributed by atoms with van der Waals surface area (Å²) < 4.78 is 0. The van der Waals surface area contributed by atoms with E-state index >= 15 is 0 Å². The Morgan fingerprint density at radius 3 is 2.29 bits per heavy atom. The molecule has 0 bridgehead atoms. The SMILES string of the molecule is CC(C)(C)N1CCC(C#N)CC1(C)C. The summed E-state index contributed by atoms with van der Waals surface area (Å²) in [6.07, 6.45) is 2.03. The molecular weight excluding hydrogens is 172 g/mol. The molecule has 1 fully saturated rings. The fourth-order valence-corrected chi connectivity index (χ4v) is 2.76. The maximum atomic E-state index is 8.94. The third-order valence-electron chi connectivity index (χ3n) is 3.17. The van der Waals surface area contributed by atoms with E-state index in [2.05, 4.69) is 45.6 Å². The molecule has 1 saturated heterocycles. The van der Waals surface area contributed by atoms with Crippen molar-refractivity contribution in [2.24, 2.45) is 5.92 Å². The molecule has 0 aromatic heterocycles. The van der Waals surface area contributed by atoms with Gasteiger partial charge in [0.25, 0.3) is 0 Å². The number of hydrogen-bond acceptors (Lipinski definition) is 2. The summed E-state index contributed by atoms with van der Waals surface area (Å²) in [6.45, 7) is 12.3. The Hall–Kier alpha value is -0.550. The average Bonchev–Trinajstić information content (AvgIpc) is 1.99. The second kappa shape index (κ2) is 3.55. The Morgan fingerprint density at radius 1 is 1.36 bits per heavy atom. The molecule has 0 aromatic rings. The zero-order valence-corrected chi connectivity index (χ0v) is 10.1. The van der Waals surface area contributed by atoms with Crippen LogP contribution in [0.4, 0.5) is 0 Å². The fourth-order valence-electron chi connectivity index (χ4n) is 2.76. The first kappa shape index (κ1) is 11.5. The lowest BCUT2D eigenvalue weighted by Crippen LogP contribution is -2.57. The molecule has 0 spiro atoms. The third kappa shape index (κ3) is 2.27. The van der Waals surface area contributed by atoms with E-state index in [0.717, 1.165) is 19.4 Å². The molecule has 1 rings (SSSR count). The predicted molar refractivity (Wildman–Crippen MR) is 58.9 cm³/mol. The van der Waals surface area contributed by atoms with Gasteiger partial charge in [-0.1, -0.05) is 0 Å². The van der Waals surface area contributed by atoms with Crippen LogP contribution < -0.4 is 0 Å². The zero-order chi connectivity index (χ0) is 11.0. The Balaban J connectivity index is 2.79. The normalized spacial score (nSPS) is 28.4. The highest BCUT2D eigenvalue weighted by atomic mass is 15.2. The van der Waals surface area contributed by atoms with E-state index in [-0.39, 0.29) is 17.0 Å². The summed E-state index contributed by atoms with van der Waals surface area (Å²) in [5, 5.41) is 8.94. The Morgan fingerprint density at radius 2 is 1.93 bits per heavy atom. The van der Waals surface area contributed by atoms with Crippen LogP contribution in [-0.2, 0) is 0 Å². The van der Waals surface area contributed by atoms with Crippen LogP contribution in [-0.4, -0.2) is 22.5 Å². The molecule has 1 atom stereocenters. The van der Waals surface area contributed by atoms with E-state index in [1.165, 1.54) is 0 Å². The van der Waals surface area contributed by atoms with Crippen LogP contribution in [0, 0.1) is 17.2 Å². The molecular formula is C12H22N2. The molecule has 0 N–H and O–H groups in total. The van der Waals surface area contributed by atoms with Gasteiger partial charge >= 0.3 is 0 Å². The quantitative estimate of drug-likeness (QED) is 0.593. The summed E-state index contributed by atoms with van der Waals surface area (Å²) in [5.41, 5.74) is 0.376. The van der Waals surface area contributed by atoms with Gasteiger partial charge in [-0.05, 0) is 47.5 Å².